The summed E-state index contributed by atoms with van der Waals surface area (Å²) in [5.74, 6) is -1.11. The summed E-state index contributed by atoms with van der Waals surface area (Å²) in [5, 5.41) is 14.7. The number of hydrazone groups is 1. The number of nitrogens with zero attached hydrogens (tertiary/aromatic N) is 1. The van der Waals surface area contributed by atoms with Gasteiger partial charge in [0.05, 0.1) is 12.2 Å². The van der Waals surface area contributed by atoms with Crippen LogP contribution in [0.2, 0.25) is 0 Å². The lowest BCUT2D eigenvalue weighted by atomic mass is 10.1. The van der Waals surface area contributed by atoms with Crippen molar-refractivity contribution in [2.45, 2.75) is 13.8 Å². The van der Waals surface area contributed by atoms with Crippen LogP contribution in [0.4, 0.5) is 0 Å². The molecule has 2 aromatic rings. The Morgan fingerprint density at radius 1 is 1.21 bits per heavy atom. The number of amides is 1. The lowest BCUT2D eigenvalue weighted by molar-refractivity contribution is -0.255. The van der Waals surface area contributed by atoms with Gasteiger partial charge >= 0.3 is 0 Å². The van der Waals surface area contributed by atoms with Crippen LogP contribution >= 0.6 is 0 Å². The standard InChI is InChI=1S/C18H18N2O4/c1-12-7-8-13(2)16(9-12)24-11-17(21)20-19-10-14-5-3-4-6-15(14)18(22)23/h3-10H,11H2,1-2H3,(H,20,21)(H,22,23)/p-1/b19-10-. The zero-order chi connectivity index (χ0) is 17.5. The molecular weight excluding hydrogens is 308 g/mol. The Kier molecular flexibility index (Phi) is 5.68. The Balaban J connectivity index is 1.92. The number of ether oxygens (including phenoxy) is 1. The first-order valence-electron chi connectivity index (χ1n) is 7.29. The summed E-state index contributed by atoms with van der Waals surface area (Å²) in [5.41, 5.74) is 4.60. The quantitative estimate of drug-likeness (QED) is 0.638. The van der Waals surface area contributed by atoms with Crippen molar-refractivity contribution < 1.29 is 19.4 Å². The van der Waals surface area contributed by atoms with Gasteiger partial charge in [-0.3, -0.25) is 4.79 Å². The second-order valence-corrected chi connectivity index (χ2v) is 5.23. The second kappa shape index (κ2) is 7.92. The van der Waals surface area contributed by atoms with Gasteiger partial charge in [0.15, 0.2) is 6.61 Å². The van der Waals surface area contributed by atoms with Crippen LogP contribution in [0.5, 0.6) is 5.75 Å². The topological polar surface area (TPSA) is 90.8 Å². The first-order chi connectivity index (χ1) is 11.5. The van der Waals surface area contributed by atoms with Crippen molar-refractivity contribution in [2.75, 3.05) is 6.61 Å². The molecule has 0 aliphatic rings. The van der Waals surface area contributed by atoms with Gasteiger partial charge in [0.25, 0.3) is 5.91 Å². The van der Waals surface area contributed by atoms with Crippen LogP contribution in [-0.4, -0.2) is 24.7 Å². The number of aryl methyl sites for hydroxylation is 2. The number of hydrogen-bond acceptors (Lipinski definition) is 5. The van der Waals surface area contributed by atoms with Crippen molar-refractivity contribution in [1.29, 1.82) is 0 Å². The van der Waals surface area contributed by atoms with E-state index in [1.807, 2.05) is 32.0 Å². The van der Waals surface area contributed by atoms with Gasteiger partial charge in [0, 0.05) is 11.1 Å². The minimum Gasteiger partial charge on any atom is -0.545 e. The molecule has 24 heavy (non-hydrogen) atoms. The van der Waals surface area contributed by atoms with Crippen LogP contribution < -0.4 is 15.3 Å². The number of benzene rings is 2. The lowest BCUT2D eigenvalue weighted by Crippen LogP contribution is -2.26. The van der Waals surface area contributed by atoms with Crippen molar-refractivity contribution in [1.82, 2.24) is 5.43 Å². The molecule has 0 atom stereocenters. The summed E-state index contributed by atoms with van der Waals surface area (Å²) in [6.45, 7) is 3.64. The fourth-order valence-electron chi connectivity index (χ4n) is 2.01. The van der Waals surface area contributed by atoms with Gasteiger partial charge in [-0.05, 0) is 31.0 Å². The van der Waals surface area contributed by atoms with Gasteiger partial charge in [0.2, 0.25) is 0 Å². The van der Waals surface area contributed by atoms with Gasteiger partial charge in [0.1, 0.15) is 5.75 Å². The van der Waals surface area contributed by atoms with Crippen molar-refractivity contribution in [3.63, 3.8) is 0 Å². The zero-order valence-corrected chi connectivity index (χ0v) is 13.4. The average Bonchev–Trinajstić information content (AvgIpc) is 2.56. The SMILES string of the molecule is Cc1ccc(C)c(OCC(=O)N/N=C\c2ccccc2C(=O)[O-])c1. The second-order valence-electron chi connectivity index (χ2n) is 5.23. The molecule has 0 bridgehead atoms. The number of carboxylic acids is 1. The van der Waals surface area contributed by atoms with Gasteiger partial charge in [-0.25, -0.2) is 5.43 Å². The van der Waals surface area contributed by atoms with Crippen LogP contribution in [0.1, 0.15) is 27.0 Å². The van der Waals surface area contributed by atoms with Crippen LogP contribution in [0, 0.1) is 13.8 Å². The molecule has 0 fully saturated rings. The molecule has 0 saturated heterocycles. The van der Waals surface area contributed by atoms with E-state index < -0.39 is 11.9 Å². The predicted octanol–water partition coefficient (Wildman–Crippen LogP) is 1.20. The van der Waals surface area contributed by atoms with E-state index in [-0.39, 0.29) is 12.2 Å². The molecule has 6 nitrogen and oxygen atoms in total. The number of carbonyl (C=O) groups excluding carboxylic acids is 2. The molecule has 0 aromatic heterocycles. The molecule has 1 amide bonds. The molecule has 0 unspecified atom stereocenters. The lowest BCUT2D eigenvalue weighted by Gasteiger charge is -2.09. The maximum atomic E-state index is 11.7. The minimum atomic E-state index is -1.30. The molecule has 2 aromatic carbocycles. The third kappa shape index (κ3) is 4.67. The highest BCUT2D eigenvalue weighted by atomic mass is 16.5. The van der Waals surface area contributed by atoms with Gasteiger partial charge in [-0.1, -0.05) is 36.4 Å². The maximum absolute atomic E-state index is 11.7. The van der Waals surface area contributed by atoms with Crippen LogP contribution in [0.25, 0.3) is 0 Å². The highest BCUT2D eigenvalue weighted by Crippen LogP contribution is 2.18. The molecule has 6 heteroatoms. The van der Waals surface area contributed by atoms with E-state index in [1.54, 1.807) is 18.2 Å². The van der Waals surface area contributed by atoms with E-state index in [4.69, 9.17) is 4.74 Å². The minimum absolute atomic E-state index is 0.00198. The highest BCUT2D eigenvalue weighted by Gasteiger charge is 2.05. The fourth-order valence-corrected chi connectivity index (χ4v) is 2.01. The number of nitrogens with one attached hydrogen (secondary N) is 1. The molecule has 1 N–H and O–H groups in total. The normalized spacial score (nSPS) is 10.6. The molecule has 124 valence electrons. The first kappa shape index (κ1) is 17.2. The maximum Gasteiger partial charge on any atom is 0.277 e. The van der Waals surface area contributed by atoms with E-state index in [0.717, 1.165) is 11.1 Å². The Bertz CT molecular complexity index is 784. The van der Waals surface area contributed by atoms with Crippen molar-refractivity contribution in [3.8, 4) is 5.75 Å². The Morgan fingerprint density at radius 3 is 2.71 bits per heavy atom. The molecule has 0 saturated carbocycles. The number of aromatic carboxylic acids is 1. The molecule has 2 rings (SSSR count). The predicted molar refractivity (Wildman–Crippen MR) is 87.9 cm³/mol. The van der Waals surface area contributed by atoms with Crippen LogP contribution in [0.3, 0.4) is 0 Å². The summed E-state index contributed by atoms with van der Waals surface area (Å²) < 4.78 is 5.45. The summed E-state index contributed by atoms with van der Waals surface area (Å²) in [4.78, 5) is 22.7. The molecule has 0 aliphatic carbocycles. The van der Waals surface area contributed by atoms with E-state index >= 15 is 0 Å². The van der Waals surface area contributed by atoms with Gasteiger partial charge < -0.3 is 14.6 Å². The van der Waals surface area contributed by atoms with Crippen LogP contribution in [-0.2, 0) is 4.79 Å². The molecule has 0 heterocycles. The zero-order valence-electron chi connectivity index (χ0n) is 13.4. The van der Waals surface area contributed by atoms with E-state index in [2.05, 4.69) is 10.5 Å². The fraction of sp³-hybridized carbons (Fsp3) is 0.167. The monoisotopic (exact) mass is 325 g/mol. The van der Waals surface area contributed by atoms with Crippen molar-refractivity contribution >= 4 is 18.1 Å². The number of rotatable bonds is 6. The Labute approximate surface area is 139 Å². The largest absolute Gasteiger partial charge is 0.545 e. The smallest absolute Gasteiger partial charge is 0.277 e. The number of carboxylic acid groups (broad SMARTS) is 1. The first-order valence-corrected chi connectivity index (χ1v) is 7.29. The van der Waals surface area contributed by atoms with Crippen LogP contribution in [0.15, 0.2) is 47.6 Å². The number of carbonyl (C=O) groups is 2. The van der Waals surface area contributed by atoms with Crippen molar-refractivity contribution in [3.05, 3.63) is 64.7 Å². The molecule has 0 aliphatic heterocycles. The van der Waals surface area contributed by atoms with Crippen molar-refractivity contribution in [2.24, 2.45) is 5.10 Å². The van der Waals surface area contributed by atoms with E-state index in [1.165, 1.54) is 12.3 Å². The van der Waals surface area contributed by atoms with E-state index in [0.29, 0.717) is 11.3 Å². The Hall–Kier alpha value is -3.15. The highest BCUT2D eigenvalue weighted by molar-refractivity contribution is 5.97. The number of hydrogen-bond donors (Lipinski definition) is 1. The van der Waals surface area contributed by atoms with Gasteiger partial charge in [-0.2, -0.15) is 5.10 Å². The van der Waals surface area contributed by atoms with E-state index in [9.17, 15) is 14.7 Å². The average molecular weight is 325 g/mol. The third-order valence-electron chi connectivity index (χ3n) is 3.28. The summed E-state index contributed by atoms with van der Waals surface area (Å²) >= 11 is 0. The Morgan fingerprint density at radius 2 is 1.96 bits per heavy atom. The molecular formula is C18H17N2O4-. The van der Waals surface area contributed by atoms with Gasteiger partial charge in [-0.15, -0.1) is 0 Å². The molecule has 0 radical (unpaired) electrons. The summed E-state index contributed by atoms with van der Waals surface area (Å²) in [7, 11) is 0. The summed E-state index contributed by atoms with van der Waals surface area (Å²) in [6.07, 6.45) is 1.25. The summed E-state index contributed by atoms with van der Waals surface area (Å²) in [6, 6.07) is 11.9. The third-order valence-corrected chi connectivity index (χ3v) is 3.28. The molecule has 0 spiro atoms.